The van der Waals surface area contributed by atoms with Gasteiger partial charge < -0.3 is 14.6 Å². The van der Waals surface area contributed by atoms with Crippen LogP contribution in [0, 0.1) is 0 Å². The Bertz CT molecular complexity index is 536. The van der Waals surface area contributed by atoms with Crippen LogP contribution in [-0.2, 0) is 13.0 Å². The van der Waals surface area contributed by atoms with Crippen LogP contribution in [0.15, 0.2) is 34.9 Å². The first-order chi connectivity index (χ1) is 9.38. The molecule has 0 saturated heterocycles. The van der Waals surface area contributed by atoms with Crippen molar-refractivity contribution in [3.8, 4) is 5.88 Å². The Balaban J connectivity index is 1.77. The van der Waals surface area contributed by atoms with Gasteiger partial charge in [-0.3, -0.25) is 0 Å². The van der Waals surface area contributed by atoms with E-state index in [9.17, 15) is 0 Å². The fraction of sp³-hybridized carbons (Fsp3) is 0.400. The number of hydrogen-bond acceptors (Lipinski definition) is 4. The van der Waals surface area contributed by atoms with Gasteiger partial charge in [-0.15, -0.1) is 0 Å². The topological polar surface area (TPSA) is 47.3 Å². The number of rotatable bonds is 4. The zero-order valence-corrected chi connectivity index (χ0v) is 11.1. The fourth-order valence-electron chi connectivity index (χ4n) is 2.57. The average molecular weight is 258 g/mol. The van der Waals surface area contributed by atoms with Gasteiger partial charge in [0.15, 0.2) is 0 Å². The molecule has 1 aromatic heterocycles. The van der Waals surface area contributed by atoms with Gasteiger partial charge in [0.1, 0.15) is 12.4 Å². The Hall–Kier alpha value is -1.81. The third-order valence-corrected chi connectivity index (χ3v) is 3.58. The predicted octanol–water partition coefficient (Wildman–Crippen LogP) is 2.85. The molecule has 0 fully saturated rings. The van der Waals surface area contributed by atoms with Gasteiger partial charge in [-0.1, -0.05) is 30.3 Å². The van der Waals surface area contributed by atoms with Crippen molar-refractivity contribution in [3.63, 3.8) is 0 Å². The summed E-state index contributed by atoms with van der Waals surface area (Å²) < 4.78 is 11.2. The zero-order chi connectivity index (χ0) is 13.1. The number of aromatic nitrogens is 1. The molecule has 3 rings (SSSR count). The van der Waals surface area contributed by atoms with Crippen molar-refractivity contribution in [2.24, 2.45) is 0 Å². The number of nitrogens with zero attached hydrogens (tertiary/aromatic N) is 1. The summed E-state index contributed by atoms with van der Waals surface area (Å²) in [6.07, 6.45) is 3.19. The van der Waals surface area contributed by atoms with Crippen molar-refractivity contribution >= 4 is 0 Å². The summed E-state index contributed by atoms with van der Waals surface area (Å²) in [7, 11) is 1.97. The first-order valence-corrected chi connectivity index (χ1v) is 6.71. The molecule has 4 heteroatoms. The minimum atomic E-state index is 0.292. The number of fused-ring (bicyclic) bond motifs is 1. The molecule has 19 heavy (non-hydrogen) atoms. The van der Waals surface area contributed by atoms with E-state index in [0.717, 1.165) is 36.1 Å². The maximum Gasteiger partial charge on any atom is 0.259 e. The van der Waals surface area contributed by atoms with Crippen molar-refractivity contribution in [1.82, 2.24) is 10.5 Å². The van der Waals surface area contributed by atoms with E-state index >= 15 is 0 Å². The first kappa shape index (κ1) is 12.2. The van der Waals surface area contributed by atoms with Crippen LogP contribution < -0.4 is 10.1 Å². The molecule has 0 aliphatic heterocycles. The van der Waals surface area contributed by atoms with Crippen LogP contribution in [0.2, 0.25) is 0 Å². The second kappa shape index (κ2) is 5.45. The summed E-state index contributed by atoms with van der Waals surface area (Å²) in [5, 5.41) is 7.38. The summed E-state index contributed by atoms with van der Waals surface area (Å²) in [5.41, 5.74) is 2.24. The maximum atomic E-state index is 5.82. The van der Waals surface area contributed by atoms with Crippen LogP contribution in [0.1, 0.15) is 35.8 Å². The highest BCUT2D eigenvalue weighted by atomic mass is 16.5. The van der Waals surface area contributed by atoms with Crippen LogP contribution in [0.25, 0.3) is 0 Å². The largest absolute Gasteiger partial charge is 0.470 e. The number of nitrogens with one attached hydrogen (secondary N) is 1. The van der Waals surface area contributed by atoms with Gasteiger partial charge >= 0.3 is 0 Å². The molecule has 100 valence electrons. The van der Waals surface area contributed by atoms with Crippen molar-refractivity contribution < 1.29 is 9.26 Å². The molecule has 1 heterocycles. The fourth-order valence-corrected chi connectivity index (χ4v) is 2.57. The Labute approximate surface area is 112 Å². The van der Waals surface area contributed by atoms with E-state index in [1.807, 2.05) is 37.4 Å². The molecule has 1 N–H and O–H groups in total. The molecule has 1 aliphatic carbocycles. The minimum absolute atomic E-state index is 0.292. The number of benzene rings is 1. The van der Waals surface area contributed by atoms with E-state index in [2.05, 4.69) is 10.5 Å². The third-order valence-electron chi connectivity index (χ3n) is 3.58. The molecule has 0 radical (unpaired) electrons. The average Bonchev–Trinajstić information content (AvgIpc) is 2.89. The van der Waals surface area contributed by atoms with Crippen LogP contribution in [0.4, 0.5) is 0 Å². The summed E-state index contributed by atoms with van der Waals surface area (Å²) in [5.74, 6) is 1.60. The molecule has 1 aromatic carbocycles. The van der Waals surface area contributed by atoms with E-state index in [1.165, 1.54) is 0 Å². The van der Waals surface area contributed by atoms with Gasteiger partial charge in [0.25, 0.3) is 5.88 Å². The lowest BCUT2D eigenvalue weighted by Crippen LogP contribution is -2.21. The predicted molar refractivity (Wildman–Crippen MR) is 72.0 cm³/mol. The molecule has 0 bridgehead atoms. The zero-order valence-electron chi connectivity index (χ0n) is 11.1. The van der Waals surface area contributed by atoms with Crippen LogP contribution in [0.5, 0.6) is 5.88 Å². The Morgan fingerprint density at radius 3 is 3.00 bits per heavy atom. The van der Waals surface area contributed by atoms with E-state index < -0.39 is 0 Å². The lowest BCUT2D eigenvalue weighted by molar-refractivity contribution is 0.265. The van der Waals surface area contributed by atoms with E-state index in [4.69, 9.17) is 9.26 Å². The molecule has 2 aromatic rings. The number of ether oxygens (including phenoxy) is 1. The van der Waals surface area contributed by atoms with E-state index in [1.54, 1.807) is 0 Å². The van der Waals surface area contributed by atoms with Crippen molar-refractivity contribution in [2.45, 2.75) is 31.9 Å². The lowest BCUT2D eigenvalue weighted by atomic mass is 9.93. The van der Waals surface area contributed by atoms with Gasteiger partial charge in [-0.25, -0.2) is 0 Å². The highest BCUT2D eigenvalue weighted by molar-refractivity contribution is 5.34. The molecule has 4 nitrogen and oxygen atoms in total. The highest BCUT2D eigenvalue weighted by Gasteiger charge is 2.28. The number of hydrogen-bond donors (Lipinski definition) is 1. The van der Waals surface area contributed by atoms with Crippen LogP contribution in [0.3, 0.4) is 0 Å². The quantitative estimate of drug-likeness (QED) is 0.916. The molecule has 1 unspecified atom stereocenters. The van der Waals surface area contributed by atoms with Gasteiger partial charge in [0.2, 0.25) is 0 Å². The Morgan fingerprint density at radius 1 is 1.37 bits per heavy atom. The van der Waals surface area contributed by atoms with Crippen LogP contribution >= 0.6 is 0 Å². The summed E-state index contributed by atoms with van der Waals surface area (Å²) in [6, 6.07) is 10.4. The van der Waals surface area contributed by atoms with Crippen molar-refractivity contribution in [3.05, 3.63) is 47.2 Å². The second-order valence-electron chi connectivity index (χ2n) is 4.83. The Morgan fingerprint density at radius 2 is 2.21 bits per heavy atom. The minimum Gasteiger partial charge on any atom is -0.470 e. The molecule has 0 saturated carbocycles. The standard InChI is InChI=1S/C15H18N2O2/c1-16-12-8-5-9-13-14(12)15(17-19-13)18-10-11-6-3-2-4-7-11/h2-4,6-7,12,16H,5,8-10H2,1H3. The normalized spacial score (nSPS) is 18.1. The monoisotopic (exact) mass is 258 g/mol. The molecule has 0 amide bonds. The van der Waals surface area contributed by atoms with E-state index in [0.29, 0.717) is 18.5 Å². The van der Waals surface area contributed by atoms with Crippen molar-refractivity contribution in [1.29, 1.82) is 0 Å². The summed E-state index contributed by atoms with van der Waals surface area (Å²) in [6.45, 7) is 0.524. The van der Waals surface area contributed by atoms with Gasteiger partial charge in [0, 0.05) is 12.5 Å². The summed E-state index contributed by atoms with van der Waals surface area (Å²) in [4.78, 5) is 0. The molecular formula is C15H18N2O2. The Kier molecular flexibility index (Phi) is 3.51. The number of aryl methyl sites for hydroxylation is 1. The first-order valence-electron chi connectivity index (χ1n) is 6.71. The second-order valence-corrected chi connectivity index (χ2v) is 4.83. The smallest absolute Gasteiger partial charge is 0.259 e. The summed E-state index contributed by atoms with van der Waals surface area (Å²) >= 11 is 0. The lowest BCUT2D eigenvalue weighted by Gasteiger charge is -2.20. The van der Waals surface area contributed by atoms with Crippen molar-refractivity contribution in [2.75, 3.05) is 7.05 Å². The molecule has 1 atom stereocenters. The molecule has 1 aliphatic rings. The van der Waals surface area contributed by atoms with E-state index in [-0.39, 0.29) is 0 Å². The highest BCUT2D eigenvalue weighted by Crippen LogP contribution is 2.36. The SMILES string of the molecule is CNC1CCCc2onc(OCc3ccccc3)c21. The maximum absolute atomic E-state index is 5.82. The van der Waals surface area contributed by atoms with Gasteiger partial charge in [-0.2, -0.15) is 0 Å². The van der Waals surface area contributed by atoms with Gasteiger partial charge in [-0.05, 0) is 30.6 Å². The third kappa shape index (κ3) is 2.49. The molecular weight excluding hydrogens is 240 g/mol. The molecule has 0 spiro atoms. The van der Waals surface area contributed by atoms with Gasteiger partial charge in [0.05, 0.1) is 5.56 Å². The van der Waals surface area contributed by atoms with Crippen LogP contribution in [-0.4, -0.2) is 12.2 Å².